The lowest BCUT2D eigenvalue weighted by Crippen LogP contribution is -1.89. The van der Waals surface area contributed by atoms with Crippen LogP contribution in [0.4, 0.5) is 0 Å². The van der Waals surface area contributed by atoms with Gasteiger partial charge in [-0.05, 0) is 30.7 Å². The summed E-state index contributed by atoms with van der Waals surface area (Å²) in [4.78, 5) is 9.19. The van der Waals surface area contributed by atoms with E-state index in [4.69, 9.17) is 17.5 Å². The Labute approximate surface area is 115 Å². The Kier molecular flexibility index (Phi) is 3.93. The second-order valence-electron chi connectivity index (χ2n) is 4.10. The fraction of sp³-hybridized carbons (Fsp3) is 0.0769. The molecule has 0 atom stereocenters. The van der Waals surface area contributed by atoms with E-state index in [2.05, 4.69) is 23.0 Å². The van der Waals surface area contributed by atoms with E-state index in [1.165, 1.54) is 5.56 Å². The highest BCUT2D eigenvalue weighted by atomic mass is 32.3. The van der Waals surface area contributed by atoms with Crippen molar-refractivity contribution in [2.45, 2.75) is 6.92 Å². The minimum absolute atomic E-state index is 0.954. The fourth-order valence-electron chi connectivity index (χ4n) is 1.78. The fourth-order valence-corrected chi connectivity index (χ4v) is 1.78. The van der Waals surface area contributed by atoms with Crippen molar-refractivity contribution in [3.05, 3.63) is 48.0 Å². The van der Waals surface area contributed by atoms with Crippen molar-refractivity contribution in [1.82, 2.24) is 9.97 Å². The van der Waals surface area contributed by atoms with Crippen LogP contribution in [0.3, 0.4) is 0 Å². The monoisotopic (exact) mass is 292 g/mol. The maximum absolute atomic E-state index is 8.74. The summed E-state index contributed by atoms with van der Waals surface area (Å²) in [5.74, 6) is 0. The first-order chi connectivity index (χ1) is 9.34. The van der Waals surface area contributed by atoms with E-state index in [-0.39, 0.29) is 0 Å². The number of benzene rings is 2. The van der Waals surface area contributed by atoms with Crippen molar-refractivity contribution >= 4 is 32.5 Å². The van der Waals surface area contributed by atoms with Crippen LogP contribution in [-0.4, -0.2) is 27.5 Å². The van der Waals surface area contributed by atoms with Gasteiger partial charge < -0.3 is 0 Å². The van der Waals surface area contributed by atoms with Gasteiger partial charge in [-0.25, -0.2) is 9.97 Å². The van der Waals surface area contributed by atoms with Gasteiger partial charge in [0.25, 0.3) is 0 Å². The highest BCUT2D eigenvalue weighted by molar-refractivity contribution is 7.79. The summed E-state index contributed by atoms with van der Waals surface area (Å²) < 4.78 is 31.6. The molecule has 0 spiro atoms. The SMILES string of the molecule is Cc1cccc2nc3ccccc3nc12.O=S(=O)(O)O. The van der Waals surface area contributed by atoms with Gasteiger partial charge in [0.1, 0.15) is 0 Å². The molecule has 20 heavy (non-hydrogen) atoms. The van der Waals surface area contributed by atoms with E-state index < -0.39 is 10.4 Å². The number of hydrogen-bond acceptors (Lipinski definition) is 4. The van der Waals surface area contributed by atoms with E-state index in [0.717, 1.165) is 22.1 Å². The van der Waals surface area contributed by atoms with Gasteiger partial charge in [0.05, 0.1) is 22.1 Å². The molecule has 0 aliphatic rings. The molecular formula is C13H12N2O4S. The Balaban J connectivity index is 0.000000257. The third-order valence-corrected chi connectivity index (χ3v) is 2.57. The molecule has 104 valence electrons. The Bertz CT molecular complexity index is 855. The van der Waals surface area contributed by atoms with Crippen LogP contribution in [0.2, 0.25) is 0 Å². The molecule has 1 aromatic heterocycles. The Morgan fingerprint density at radius 2 is 1.35 bits per heavy atom. The second-order valence-corrected chi connectivity index (χ2v) is 5.00. The number of nitrogens with zero attached hydrogens (tertiary/aromatic N) is 2. The third-order valence-electron chi connectivity index (χ3n) is 2.57. The summed E-state index contributed by atoms with van der Waals surface area (Å²) >= 11 is 0. The number of fused-ring (bicyclic) bond motifs is 2. The zero-order chi connectivity index (χ0) is 14.8. The first-order valence-corrected chi connectivity index (χ1v) is 7.06. The van der Waals surface area contributed by atoms with Gasteiger partial charge in [-0.1, -0.05) is 24.3 Å². The number of para-hydroxylation sites is 3. The molecule has 0 bridgehead atoms. The number of rotatable bonds is 0. The van der Waals surface area contributed by atoms with Crippen molar-refractivity contribution in [2.75, 3.05) is 0 Å². The average Bonchev–Trinajstić information content (AvgIpc) is 2.35. The summed E-state index contributed by atoms with van der Waals surface area (Å²) in [7, 11) is -4.67. The smallest absolute Gasteiger partial charge is 0.264 e. The van der Waals surface area contributed by atoms with Crippen molar-refractivity contribution in [3.8, 4) is 0 Å². The molecular weight excluding hydrogens is 280 g/mol. The van der Waals surface area contributed by atoms with E-state index in [0.29, 0.717) is 0 Å². The van der Waals surface area contributed by atoms with Gasteiger partial charge >= 0.3 is 10.4 Å². The van der Waals surface area contributed by atoms with E-state index in [1.807, 2.05) is 36.4 Å². The summed E-state index contributed by atoms with van der Waals surface area (Å²) in [6, 6.07) is 14.0. The largest absolute Gasteiger partial charge is 0.394 e. The molecule has 0 aliphatic carbocycles. The normalized spacial score (nSPS) is 11.2. The topological polar surface area (TPSA) is 100 Å². The molecule has 0 radical (unpaired) electrons. The molecule has 2 aromatic carbocycles. The van der Waals surface area contributed by atoms with E-state index in [1.54, 1.807) is 0 Å². The average molecular weight is 292 g/mol. The van der Waals surface area contributed by atoms with Crippen LogP contribution in [0, 0.1) is 6.92 Å². The van der Waals surface area contributed by atoms with Gasteiger partial charge in [0.15, 0.2) is 0 Å². The van der Waals surface area contributed by atoms with E-state index >= 15 is 0 Å². The maximum Gasteiger partial charge on any atom is 0.394 e. The lowest BCUT2D eigenvalue weighted by Gasteiger charge is -2.02. The highest BCUT2D eigenvalue weighted by Crippen LogP contribution is 2.18. The highest BCUT2D eigenvalue weighted by Gasteiger charge is 2.01. The van der Waals surface area contributed by atoms with Crippen molar-refractivity contribution in [2.24, 2.45) is 0 Å². The van der Waals surface area contributed by atoms with Crippen molar-refractivity contribution < 1.29 is 17.5 Å². The summed E-state index contributed by atoms with van der Waals surface area (Å²) in [6.45, 7) is 2.06. The first kappa shape index (κ1) is 14.3. The molecule has 0 unspecified atom stereocenters. The van der Waals surface area contributed by atoms with E-state index in [9.17, 15) is 0 Å². The van der Waals surface area contributed by atoms with Crippen LogP contribution < -0.4 is 0 Å². The molecule has 1 heterocycles. The summed E-state index contributed by atoms with van der Waals surface area (Å²) in [5.41, 5.74) is 5.05. The van der Waals surface area contributed by atoms with Crippen LogP contribution in [0.5, 0.6) is 0 Å². The lowest BCUT2D eigenvalue weighted by atomic mass is 10.2. The van der Waals surface area contributed by atoms with Gasteiger partial charge in [-0.2, -0.15) is 8.42 Å². The quantitative estimate of drug-likeness (QED) is 0.487. The molecule has 0 aliphatic heterocycles. The maximum atomic E-state index is 8.74. The predicted molar refractivity (Wildman–Crippen MR) is 76.0 cm³/mol. The summed E-state index contributed by atoms with van der Waals surface area (Å²) in [6.07, 6.45) is 0. The van der Waals surface area contributed by atoms with Gasteiger partial charge in [0.2, 0.25) is 0 Å². The zero-order valence-electron chi connectivity index (χ0n) is 10.6. The Morgan fingerprint density at radius 3 is 1.95 bits per heavy atom. The predicted octanol–water partition coefficient (Wildman–Crippen LogP) is 2.44. The molecule has 0 amide bonds. The Hall–Kier alpha value is -2.09. The van der Waals surface area contributed by atoms with Crippen LogP contribution in [0.25, 0.3) is 22.1 Å². The van der Waals surface area contributed by atoms with Crippen LogP contribution in [-0.2, 0) is 10.4 Å². The third kappa shape index (κ3) is 3.70. The van der Waals surface area contributed by atoms with Gasteiger partial charge in [-0.15, -0.1) is 0 Å². The van der Waals surface area contributed by atoms with Crippen molar-refractivity contribution in [1.29, 1.82) is 0 Å². The molecule has 6 nitrogen and oxygen atoms in total. The molecule has 2 N–H and O–H groups in total. The van der Waals surface area contributed by atoms with Crippen LogP contribution >= 0.6 is 0 Å². The standard InChI is InChI=1S/C13H10N2.H2O4S/c1-9-5-4-8-12-13(9)15-11-7-3-2-6-10(11)14-12;1-5(2,3)4/h2-8H,1H3;(H2,1,2,3,4). The molecule has 3 aromatic rings. The molecule has 3 rings (SSSR count). The lowest BCUT2D eigenvalue weighted by molar-refractivity contribution is 0.381. The minimum atomic E-state index is -4.67. The molecule has 0 saturated heterocycles. The van der Waals surface area contributed by atoms with Gasteiger partial charge in [0, 0.05) is 0 Å². The minimum Gasteiger partial charge on any atom is -0.264 e. The van der Waals surface area contributed by atoms with Crippen molar-refractivity contribution in [3.63, 3.8) is 0 Å². The summed E-state index contributed by atoms with van der Waals surface area (Å²) in [5, 5.41) is 0. The first-order valence-electron chi connectivity index (χ1n) is 5.66. The molecule has 0 saturated carbocycles. The number of hydrogen-bond donors (Lipinski definition) is 2. The molecule has 7 heteroatoms. The van der Waals surface area contributed by atoms with Gasteiger partial charge in [-0.3, -0.25) is 9.11 Å². The van der Waals surface area contributed by atoms with Crippen LogP contribution in [0.1, 0.15) is 5.56 Å². The zero-order valence-corrected chi connectivity index (χ0v) is 11.4. The Morgan fingerprint density at radius 1 is 0.850 bits per heavy atom. The number of aryl methyl sites for hydroxylation is 1. The van der Waals surface area contributed by atoms with Crippen LogP contribution in [0.15, 0.2) is 42.5 Å². The second kappa shape index (κ2) is 5.49. The number of aromatic nitrogens is 2. The molecule has 0 fully saturated rings.